The Morgan fingerprint density at radius 3 is 2.08 bits per heavy atom. The van der Waals surface area contributed by atoms with Gasteiger partial charge in [-0.3, -0.25) is 0 Å². The Morgan fingerprint density at radius 1 is 0.846 bits per heavy atom. The number of hydrogen-bond donors (Lipinski definition) is 2. The van der Waals surface area contributed by atoms with Crippen molar-refractivity contribution in [3.05, 3.63) is 64.4 Å². The van der Waals surface area contributed by atoms with Crippen LogP contribution in [0.4, 0.5) is 0 Å². The SMILES string of the molecule is Cc1ccc(-c2cc(C)c(C3=C(O)C4(CCCCC4)NC3)c(C)c2)cc1. The van der Waals surface area contributed by atoms with Crippen molar-refractivity contribution in [3.63, 3.8) is 0 Å². The summed E-state index contributed by atoms with van der Waals surface area (Å²) < 4.78 is 0. The van der Waals surface area contributed by atoms with Crippen molar-refractivity contribution in [3.8, 4) is 11.1 Å². The molecule has 1 spiro atoms. The highest BCUT2D eigenvalue weighted by atomic mass is 16.3. The van der Waals surface area contributed by atoms with Gasteiger partial charge in [0, 0.05) is 12.1 Å². The fourth-order valence-electron chi connectivity index (χ4n) is 4.84. The Labute approximate surface area is 157 Å². The van der Waals surface area contributed by atoms with Crippen LogP contribution in [0, 0.1) is 20.8 Å². The molecule has 1 saturated carbocycles. The summed E-state index contributed by atoms with van der Waals surface area (Å²) in [5, 5.41) is 14.8. The summed E-state index contributed by atoms with van der Waals surface area (Å²) in [4.78, 5) is 0. The minimum Gasteiger partial charge on any atom is -0.510 e. The van der Waals surface area contributed by atoms with Crippen molar-refractivity contribution in [2.45, 2.75) is 58.4 Å². The molecular formula is C24H29NO. The molecule has 2 nitrogen and oxygen atoms in total. The highest BCUT2D eigenvalue weighted by molar-refractivity contribution is 5.80. The van der Waals surface area contributed by atoms with Gasteiger partial charge in [-0.15, -0.1) is 0 Å². The van der Waals surface area contributed by atoms with Crippen LogP contribution in [0.25, 0.3) is 16.7 Å². The van der Waals surface area contributed by atoms with Crippen molar-refractivity contribution in [1.82, 2.24) is 5.32 Å². The molecule has 1 aliphatic heterocycles. The Kier molecular flexibility index (Phi) is 4.40. The van der Waals surface area contributed by atoms with Gasteiger partial charge in [-0.2, -0.15) is 0 Å². The molecule has 1 aliphatic carbocycles. The zero-order chi connectivity index (χ0) is 18.3. The zero-order valence-electron chi connectivity index (χ0n) is 16.2. The normalized spacial score (nSPS) is 19.3. The summed E-state index contributed by atoms with van der Waals surface area (Å²) in [7, 11) is 0. The molecule has 2 aromatic rings. The van der Waals surface area contributed by atoms with E-state index in [1.54, 1.807) is 0 Å². The van der Waals surface area contributed by atoms with Crippen molar-refractivity contribution in [2.24, 2.45) is 0 Å². The number of rotatable bonds is 2. The van der Waals surface area contributed by atoms with E-state index >= 15 is 0 Å². The topological polar surface area (TPSA) is 32.3 Å². The first-order valence-corrected chi connectivity index (χ1v) is 9.86. The number of aliphatic hydroxyl groups excluding tert-OH is 1. The van der Waals surface area contributed by atoms with E-state index in [0.29, 0.717) is 5.76 Å². The van der Waals surface area contributed by atoms with E-state index in [2.05, 4.69) is 62.5 Å². The molecule has 2 aliphatic rings. The van der Waals surface area contributed by atoms with Crippen molar-refractivity contribution >= 4 is 5.57 Å². The average molecular weight is 348 g/mol. The summed E-state index contributed by atoms with van der Waals surface area (Å²) >= 11 is 0. The Balaban J connectivity index is 1.75. The molecule has 0 aromatic heterocycles. The lowest BCUT2D eigenvalue weighted by atomic mass is 9.80. The lowest BCUT2D eigenvalue weighted by Crippen LogP contribution is -2.44. The molecule has 4 rings (SSSR count). The van der Waals surface area contributed by atoms with Gasteiger partial charge in [0.05, 0.1) is 5.54 Å². The van der Waals surface area contributed by atoms with Gasteiger partial charge < -0.3 is 10.4 Å². The second kappa shape index (κ2) is 6.59. The standard InChI is InChI=1S/C24H29NO/c1-16-7-9-19(10-8-16)20-13-17(2)22(18(3)14-20)21-15-25-24(23(21)26)11-5-4-6-12-24/h7-10,13-14,25-26H,4-6,11-12,15H2,1-3H3. The third kappa shape index (κ3) is 2.87. The van der Waals surface area contributed by atoms with E-state index < -0.39 is 0 Å². The summed E-state index contributed by atoms with van der Waals surface area (Å²) in [6, 6.07) is 13.2. The number of hydrogen-bond acceptors (Lipinski definition) is 2. The maximum atomic E-state index is 11.1. The second-order valence-corrected chi connectivity index (χ2v) is 8.17. The maximum absolute atomic E-state index is 11.1. The first-order valence-electron chi connectivity index (χ1n) is 9.86. The first kappa shape index (κ1) is 17.4. The molecule has 1 heterocycles. The van der Waals surface area contributed by atoms with Gasteiger partial charge in [0.25, 0.3) is 0 Å². The third-order valence-electron chi connectivity index (χ3n) is 6.27. The summed E-state index contributed by atoms with van der Waals surface area (Å²) in [5.41, 5.74) is 8.45. The molecule has 0 amide bonds. The molecule has 1 fully saturated rings. The molecule has 0 unspecified atom stereocenters. The fourth-order valence-corrected chi connectivity index (χ4v) is 4.84. The van der Waals surface area contributed by atoms with Crippen LogP contribution < -0.4 is 5.32 Å². The highest BCUT2D eigenvalue weighted by Gasteiger charge is 2.42. The van der Waals surface area contributed by atoms with E-state index in [0.717, 1.165) is 25.0 Å². The minimum absolute atomic E-state index is 0.165. The van der Waals surface area contributed by atoms with Crippen LogP contribution in [0.2, 0.25) is 0 Å². The molecule has 26 heavy (non-hydrogen) atoms. The smallest absolute Gasteiger partial charge is 0.117 e. The number of nitrogens with one attached hydrogen (secondary N) is 1. The molecule has 2 aromatic carbocycles. The van der Waals surface area contributed by atoms with Crippen LogP contribution in [0.1, 0.15) is 54.4 Å². The Morgan fingerprint density at radius 2 is 1.46 bits per heavy atom. The number of benzene rings is 2. The lowest BCUT2D eigenvalue weighted by molar-refractivity contribution is 0.215. The van der Waals surface area contributed by atoms with Gasteiger partial charge in [-0.25, -0.2) is 0 Å². The van der Waals surface area contributed by atoms with E-state index in [1.165, 1.54) is 52.6 Å². The number of aryl methyl sites for hydroxylation is 3. The third-order valence-corrected chi connectivity index (χ3v) is 6.27. The lowest BCUT2D eigenvalue weighted by Gasteiger charge is -2.33. The van der Waals surface area contributed by atoms with E-state index in [-0.39, 0.29) is 5.54 Å². The number of aliphatic hydroxyl groups is 1. The predicted octanol–water partition coefficient (Wildman–Crippen LogP) is 5.85. The van der Waals surface area contributed by atoms with Crippen LogP contribution in [0.5, 0.6) is 0 Å². The first-order chi connectivity index (χ1) is 12.5. The monoisotopic (exact) mass is 347 g/mol. The van der Waals surface area contributed by atoms with Crippen molar-refractivity contribution < 1.29 is 5.11 Å². The van der Waals surface area contributed by atoms with E-state index in [4.69, 9.17) is 0 Å². The summed E-state index contributed by atoms with van der Waals surface area (Å²) in [6.07, 6.45) is 5.81. The molecule has 0 bridgehead atoms. The Hall–Kier alpha value is -2.06. The van der Waals surface area contributed by atoms with Gasteiger partial charge in [0.15, 0.2) is 0 Å². The van der Waals surface area contributed by atoms with Gasteiger partial charge in [-0.05, 0) is 61.4 Å². The quantitative estimate of drug-likeness (QED) is 0.714. The summed E-state index contributed by atoms with van der Waals surface area (Å²) in [6.45, 7) is 7.24. The van der Waals surface area contributed by atoms with Gasteiger partial charge in [0.1, 0.15) is 5.76 Å². The fraction of sp³-hybridized carbons (Fsp3) is 0.417. The van der Waals surface area contributed by atoms with Crippen LogP contribution in [0.15, 0.2) is 42.2 Å². The van der Waals surface area contributed by atoms with E-state index in [9.17, 15) is 5.11 Å². The van der Waals surface area contributed by atoms with E-state index in [1.807, 2.05) is 0 Å². The largest absolute Gasteiger partial charge is 0.510 e. The molecule has 0 radical (unpaired) electrons. The van der Waals surface area contributed by atoms with Crippen LogP contribution in [0.3, 0.4) is 0 Å². The van der Waals surface area contributed by atoms with Gasteiger partial charge >= 0.3 is 0 Å². The van der Waals surface area contributed by atoms with Crippen molar-refractivity contribution in [2.75, 3.05) is 6.54 Å². The van der Waals surface area contributed by atoms with Gasteiger partial charge in [0.2, 0.25) is 0 Å². The van der Waals surface area contributed by atoms with Gasteiger partial charge in [-0.1, -0.05) is 61.2 Å². The molecule has 0 saturated heterocycles. The van der Waals surface area contributed by atoms with Crippen LogP contribution >= 0.6 is 0 Å². The molecule has 136 valence electrons. The predicted molar refractivity (Wildman–Crippen MR) is 109 cm³/mol. The molecule has 2 heteroatoms. The van der Waals surface area contributed by atoms with Crippen molar-refractivity contribution in [1.29, 1.82) is 0 Å². The summed E-state index contributed by atoms with van der Waals surface area (Å²) in [5.74, 6) is 0.603. The molecular weight excluding hydrogens is 318 g/mol. The highest BCUT2D eigenvalue weighted by Crippen LogP contribution is 2.42. The Bertz CT molecular complexity index is 831. The second-order valence-electron chi connectivity index (χ2n) is 8.17. The molecule has 2 N–H and O–H groups in total. The average Bonchev–Trinajstić information content (AvgIpc) is 2.92. The van der Waals surface area contributed by atoms with Crippen LogP contribution in [-0.2, 0) is 0 Å². The maximum Gasteiger partial charge on any atom is 0.117 e. The minimum atomic E-state index is -0.165. The van der Waals surface area contributed by atoms with Crippen LogP contribution in [-0.4, -0.2) is 17.2 Å². The molecule has 0 atom stereocenters. The zero-order valence-corrected chi connectivity index (χ0v) is 16.2.